The monoisotopic (exact) mass is 265 g/mol. The van der Waals surface area contributed by atoms with Crippen molar-refractivity contribution in [2.45, 2.75) is 25.7 Å². The zero-order valence-electron chi connectivity index (χ0n) is 11.1. The molecule has 0 aliphatic carbocycles. The molecule has 3 rings (SSSR count). The van der Waals surface area contributed by atoms with E-state index in [0.717, 1.165) is 31.5 Å². The van der Waals surface area contributed by atoms with E-state index < -0.39 is 0 Å². The third-order valence-electron chi connectivity index (χ3n) is 3.82. The predicted molar refractivity (Wildman–Crippen MR) is 71.3 cm³/mol. The average Bonchev–Trinajstić information content (AvgIpc) is 2.65. The number of nitrogens with one attached hydrogen (secondary N) is 1. The molecule has 104 valence electrons. The van der Waals surface area contributed by atoms with Crippen LogP contribution in [0.3, 0.4) is 0 Å². The van der Waals surface area contributed by atoms with Gasteiger partial charge in [0.1, 0.15) is 5.82 Å². The molecule has 2 aliphatic heterocycles. The van der Waals surface area contributed by atoms with Crippen LogP contribution in [0.5, 0.6) is 11.5 Å². The van der Waals surface area contributed by atoms with Gasteiger partial charge in [-0.05, 0) is 49.9 Å². The largest absolute Gasteiger partial charge is 0.490 e. The van der Waals surface area contributed by atoms with Gasteiger partial charge in [-0.3, -0.25) is 0 Å². The van der Waals surface area contributed by atoms with Crippen LogP contribution >= 0.6 is 0 Å². The lowest BCUT2D eigenvalue weighted by molar-refractivity contribution is 0.296. The minimum Gasteiger partial charge on any atom is -0.490 e. The highest BCUT2D eigenvalue weighted by Crippen LogP contribution is 2.33. The van der Waals surface area contributed by atoms with Gasteiger partial charge in [-0.15, -0.1) is 0 Å². The highest BCUT2D eigenvalue weighted by Gasteiger charge is 2.19. The number of hydrogen-bond acceptors (Lipinski definition) is 3. The fourth-order valence-electron chi connectivity index (χ4n) is 2.79. The number of ether oxygens (including phenoxy) is 2. The molecule has 1 atom stereocenters. The van der Waals surface area contributed by atoms with Crippen molar-refractivity contribution < 1.29 is 13.9 Å². The fraction of sp³-hybridized carbons (Fsp3) is 0.600. The van der Waals surface area contributed by atoms with Gasteiger partial charge in [0.25, 0.3) is 0 Å². The molecule has 2 aliphatic rings. The minimum atomic E-state index is -0.171. The smallest absolute Gasteiger partial charge is 0.164 e. The van der Waals surface area contributed by atoms with Crippen LogP contribution in [0, 0.1) is 11.7 Å². The van der Waals surface area contributed by atoms with Gasteiger partial charge in [-0.2, -0.15) is 0 Å². The van der Waals surface area contributed by atoms with Gasteiger partial charge < -0.3 is 14.8 Å². The normalized spacial score (nSPS) is 22.9. The summed E-state index contributed by atoms with van der Waals surface area (Å²) in [6.45, 7) is 3.30. The van der Waals surface area contributed by atoms with Crippen molar-refractivity contribution in [3.63, 3.8) is 0 Å². The van der Waals surface area contributed by atoms with Crippen molar-refractivity contribution in [3.8, 4) is 11.5 Å². The molecule has 0 amide bonds. The van der Waals surface area contributed by atoms with Crippen molar-refractivity contribution in [1.82, 2.24) is 5.32 Å². The molecule has 1 aromatic rings. The Balaban J connectivity index is 1.78. The van der Waals surface area contributed by atoms with Crippen LogP contribution in [0.15, 0.2) is 12.1 Å². The van der Waals surface area contributed by atoms with Gasteiger partial charge >= 0.3 is 0 Å². The highest BCUT2D eigenvalue weighted by atomic mass is 19.1. The third-order valence-corrected chi connectivity index (χ3v) is 3.82. The molecular weight excluding hydrogens is 245 g/mol. The lowest BCUT2D eigenvalue weighted by Gasteiger charge is -2.23. The van der Waals surface area contributed by atoms with Crippen LogP contribution < -0.4 is 14.8 Å². The highest BCUT2D eigenvalue weighted by molar-refractivity contribution is 5.44. The quantitative estimate of drug-likeness (QED) is 0.891. The lowest BCUT2D eigenvalue weighted by Crippen LogP contribution is -2.31. The average molecular weight is 265 g/mol. The summed E-state index contributed by atoms with van der Waals surface area (Å²) >= 11 is 0. The van der Waals surface area contributed by atoms with Crippen LogP contribution in [-0.2, 0) is 6.42 Å². The zero-order valence-corrected chi connectivity index (χ0v) is 11.1. The van der Waals surface area contributed by atoms with Gasteiger partial charge in [-0.1, -0.05) is 0 Å². The maximum Gasteiger partial charge on any atom is 0.164 e. The summed E-state index contributed by atoms with van der Waals surface area (Å²) in [4.78, 5) is 0. The minimum absolute atomic E-state index is 0.171. The van der Waals surface area contributed by atoms with Crippen molar-refractivity contribution in [2.24, 2.45) is 5.92 Å². The van der Waals surface area contributed by atoms with Gasteiger partial charge in [0.15, 0.2) is 11.5 Å². The summed E-state index contributed by atoms with van der Waals surface area (Å²) in [5.41, 5.74) is 0.748. The molecule has 19 heavy (non-hydrogen) atoms. The van der Waals surface area contributed by atoms with E-state index in [9.17, 15) is 4.39 Å². The Hall–Kier alpha value is -1.29. The van der Waals surface area contributed by atoms with Crippen LogP contribution in [0.1, 0.15) is 24.8 Å². The molecular formula is C15H20FNO2. The van der Waals surface area contributed by atoms with Crippen molar-refractivity contribution in [2.75, 3.05) is 26.3 Å². The molecule has 1 N–H and O–H groups in total. The maximum absolute atomic E-state index is 14.1. The van der Waals surface area contributed by atoms with Crippen molar-refractivity contribution in [1.29, 1.82) is 0 Å². The molecule has 2 heterocycles. The Bertz CT molecular complexity index is 444. The SMILES string of the molecule is Fc1cc2c(cc1CC1CCCNC1)OCCCO2. The Morgan fingerprint density at radius 3 is 2.68 bits per heavy atom. The molecule has 1 fully saturated rings. The van der Waals surface area contributed by atoms with Gasteiger partial charge in [0, 0.05) is 12.5 Å². The first-order valence-electron chi connectivity index (χ1n) is 7.11. The first-order valence-corrected chi connectivity index (χ1v) is 7.11. The number of halogens is 1. The molecule has 1 aromatic carbocycles. The molecule has 0 aromatic heterocycles. The second-order valence-electron chi connectivity index (χ2n) is 5.36. The Morgan fingerprint density at radius 2 is 1.95 bits per heavy atom. The van der Waals surface area contributed by atoms with Gasteiger partial charge in [0.2, 0.25) is 0 Å². The van der Waals surface area contributed by atoms with E-state index in [1.807, 2.05) is 6.07 Å². The standard InChI is InChI=1S/C15H20FNO2/c16-13-9-15-14(18-5-2-6-19-15)8-12(13)7-11-3-1-4-17-10-11/h8-9,11,17H,1-7,10H2. The molecule has 1 unspecified atom stereocenters. The first kappa shape index (κ1) is 12.7. The van der Waals surface area contributed by atoms with E-state index in [1.54, 1.807) is 0 Å². The first-order chi connectivity index (χ1) is 9.33. The van der Waals surface area contributed by atoms with Crippen LogP contribution in [0.25, 0.3) is 0 Å². The van der Waals surface area contributed by atoms with E-state index in [4.69, 9.17) is 9.47 Å². The van der Waals surface area contributed by atoms with Crippen LogP contribution in [0.4, 0.5) is 4.39 Å². The fourth-order valence-corrected chi connectivity index (χ4v) is 2.79. The summed E-state index contributed by atoms with van der Waals surface area (Å²) in [7, 11) is 0. The summed E-state index contributed by atoms with van der Waals surface area (Å²) in [5, 5.41) is 3.37. The van der Waals surface area contributed by atoms with Gasteiger partial charge in [0.05, 0.1) is 13.2 Å². The summed E-state index contributed by atoms with van der Waals surface area (Å²) < 4.78 is 25.2. The van der Waals surface area contributed by atoms with E-state index in [0.29, 0.717) is 30.6 Å². The summed E-state index contributed by atoms with van der Waals surface area (Å²) in [5.74, 6) is 1.58. The lowest BCUT2D eigenvalue weighted by atomic mass is 9.92. The Morgan fingerprint density at radius 1 is 1.16 bits per heavy atom. The molecule has 1 saturated heterocycles. The van der Waals surface area contributed by atoms with Crippen LogP contribution in [-0.4, -0.2) is 26.3 Å². The number of rotatable bonds is 2. The molecule has 0 spiro atoms. The second-order valence-corrected chi connectivity index (χ2v) is 5.36. The third kappa shape index (κ3) is 3.00. The zero-order chi connectivity index (χ0) is 13.1. The summed E-state index contributed by atoms with van der Waals surface area (Å²) in [6, 6.07) is 3.30. The summed E-state index contributed by atoms with van der Waals surface area (Å²) in [6.07, 6.45) is 3.96. The molecule has 3 nitrogen and oxygen atoms in total. The molecule has 0 radical (unpaired) electrons. The Kier molecular flexibility index (Phi) is 3.87. The molecule has 0 saturated carbocycles. The molecule has 4 heteroatoms. The number of hydrogen-bond donors (Lipinski definition) is 1. The maximum atomic E-state index is 14.1. The Labute approximate surface area is 113 Å². The van der Waals surface area contributed by atoms with E-state index in [2.05, 4.69) is 5.32 Å². The topological polar surface area (TPSA) is 30.5 Å². The number of fused-ring (bicyclic) bond motifs is 1. The van der Waals surface area contributed by atoms with E-state index in [1.165, 1.54) is 18.9 Å². The second kappa shape index (κ2) is 5.78. The van der Waals surface area contributed by atoms with Crippen molar-refractivity contribution in [3.05, 3.63) is 23.5 Å². The van der Waals surface area contributed by atoms with Gasteiger partial charge in [-0.25, -0.2) is 4.39 Å². The van der Waals surface area contributed by atoms with E-state index >= 15 is 0 Å². The van der Waals surface area contributed by atoms with E-state index in [-0.39, 0.29) is 5.82 Å². The van der Waals surface area contributed by atoms with Crippen molar-refractivity contribution >= 4 is 0 Å². The number of benzene rings is 1. The number of piperidine rings is 1. The van der Waals surface area contributed by atoms with Crippen LogP contribution in [0.2, 0.25) is 0 Å². The predicted octanol–water partition coefficient (Wildman–Crippen LogP) is 2.53. The molecule has 0 bridgehead atoms.